The number of hydrogen-bond acceptors (Lipinski definition) is 2. The minimum atomic E-state index is -0.598. The number of hydrogen-bond donors (Lipinski definition) is 2. The molecule has 13 heavy (non-hydrogen) atoms. The lowest BCUT2D eigenvalue weighted by Gasteiger charge is -2.03. The largest absolute Gasteiger partial charge is 0.326 e. The Labute approximate surface area is 75.3 Å². The molecule has 0 aromatic rings. The molecule has 0 fully saturated rings. The van der Waals surface area contributed by atoms with E-state index in [0.29, 0.717) is 5.70 Å². The van der Waals surface area contributed by atoms with Crippen LogP contribution in [0.15, 0.2) is 42.3 Å². The van der Waals surface area contributed by atoms with Gasteiger partial charge in [0.05, 0.1) is 0 Å². The van der Waals surface area contributed by atoms with Gasteiger partial charge in [0.25, 0.3) is 5.91 Å². The lowest BCUT2D eigenvalue weighted by Crippen LogP contribution is -2.37. The predicted octanol–water partition coefficient (Wildman–Crippen LogP) is 0.607. The Kier molecular flexibility index (Phi) is 2.84. The highest BCUT2D eigenvalue weighted by molar-refractivity contribution is 6.00. The number of allylic oxidation sites excluding steroid dienone is 2. The van der Waals surface area contributed by atoms with Crippen LogP contribution in [0.5, 0.6) is 0 Å². The first-order chi connectivity index (χ1) is 6.18. The van der Waals surface area contributed by atoms with Gasteiger partial charge in [-0.25, -0.2) is 4.79 Å². The van der Waals surface area contributed by atoms with Crippen molar-refractivity contribution in [2.24, 2.45) is 0 Å². The maximum Gasteiger partial charge on any atom is 0.326 e. The molecule has 3 amide bonds. The van der Waals surface area contributed by atoms with E-state index >= 15 is 0 Å². The zero-order valence-electron chi connectivity index (χ0n) is 6.83. The van der Waals surface area contributed by atoms with Crippen LogP contribution >= 0.6 is 0 Å². The fourth-order valence-electron chi connectivity index (χ4n) is 0.710. The van der Waals surface area contributed by atoms with Gasteiger partial charge in [0.1, 0.15) is 0 Å². The molecule has 0 bridgehead atoms. The van der Waals surface area contributed by atoms with E-state index in [-0.39, 0.29) is 0 Å². The molecule has 1 aliphatic rings. The van der Waals surface area contributed by atoms with Gasteiger partial charge in [-0.2, -0.15) is 0 Å². The lowest BCUT2D eigenvalue weighted by molar-refractivity contribution is -0.115. The first-order valence-electron chi connectivity index (χ1n) is 3.58. The summed E-state index contributed by atoms with van der Waals surface area (Å²) in [5.41, 5.74) is 2.98. The molecule has 0 aliphatic carbocycles. The maximum atomic E-state index is 10.9. The molecule has 0 saturated carbocycles. The highest BCUT2D eigenvalue weighted by Crippen LogP contribution is 1.89. The molecule has 1 rings (SSSR count). The molecular formula is C9H8N2O2. The van der Waals surface area contributed by atoms with E-state index in [0.717, 1.165) is 6.08 Å². The Hall–Kier alpha value is -2.06. The molecule has 0 atom stereocenters. The van der Waals surface area contributed by atoms with E-state index in [9.17, 15) is 9.59 Å². The topological polar surface area (TPSA) is 58.2 Å². The molecule has 1 heterocycles. The quantitative estimate of drug-likeness (QED) is 0.531. The third-order valence-corrected chi connectivity index (χ3v) is 1.22. The summed E-state index contributed by atoms with van der Waals surface area (Å²) in [6.07, 6.45) is 5.90. The molecule has 4 nitrogen and oxygen atoms in total. The second-order valence-corrected chi connectivity index (χ2v) is 2.31. The average molecular weight is 176 g/mol. The molecule has 0 spiro atoms. The van der Waals surface area contributed by atoms with Crippen molar-refractivity contribution in [3.63, 3.8) is 0 Å². The normalized spacial score (nSPS) is 19.2. The number of rotatable bonds is 0. The second kappa shape index (κ2) is 4.09. The molecule has 0 aromatic heterocycles. The van der Waals surface area contributed by atoms with Crippen LogP contribution in [0.1, 0.15) is 0 Å². The van der Waals surface area contributed by atoms with Crippen molar-refractivity contribution in [3.8, 4) is 0 Å². The maximum absolute atomic E-state index is 10.9. The summed E-state index contributed by atoms with van der Waals surface area (Å²) < 4.78 is 0. The van der Waals surface area contributed by atoms with Crippen LogP contribution in [-0.4, -0.2) is 11.9 Å². The van der Waals surface area contributed by atoms with Gasteiger partial charge in [-0.15, -0.1) is 5.73 Å². The summed E-state index contributed by atoms with van der Waals surface area (Å²) >= 11 is 0. The van der Waals surface area contributed by atoms with Crippen LogP contribution in [0.3, 0.4) is 0 Å². The summed E-state index contributed by atoms with van der Waals surface area (Å²) in [6.45, 7) is 3.54. The van der Waals surface area contributed by atoms with Crippen LogP contribution < -0.4 is 10.6 Å². The van der Waals surface area contributed by atoms with Gasteiger partial charge in [0.2, 0.25) is 0 Å². The zero-order chi connectivity index (χ0) is 9.68. The van der Waals surface area contributed by atoms with E-state index < -0.39 is 11.9 Å². The Bertz CT molecular complexity index is 343. The van der Waals surface area contributed by atoms with Gasteiger partial charge >= 0.3 is 6.03 Å². The van der Waals surface area contributed by atoms with E-state index in [2.05, 4.69) is 22.9 Å². The number of imide groups is 1. The SMILES string of the molecule is C=C1/C=C\C=C=CC(=O)NC(=O)N1. The van der Waals surface area contributed by atoms with Crippen molar-refractivity contribution >= 4 is 11.9 Å². The Balaban J connectivity index is 2.88. The van der Waals surface area contributed by atoms with Crippen molar-refractivity contribution in [3.05, 3.63) is 42.3 Å². The van der Waals surface area contributed by atoms with E-state index in [1.165, 1.54) is 0 Å². The van der Waals surface area contributed by atoms with Gasteiger partial charge in [-0.1, -0.05) is 12.7 Å². The Morgan fingerprint density at radius 3 is 2.85 bits per heavy atom. The van der Waals surface area contributed by atoms with Crippen LogP contribution in [-0.2, 0) is 4.79 Å². The predicted molar refractivity (Wildman–Crippen MR) is 47.6 cm³/mol. The van der Waals surface area contributed by atoms with E-state index in [4.69, 9.17) is 0 Å². The number of urea groups is 1. The standard InChI is InChI=1S/C9H8N2O2/c1-7-5-3-2-4-6-8(12)11-9(13)10-7/h2-3,5-6H,1H2,(H2,10,11,12,13)/b5-3-. The zero-order valence-corrected chi connectivity index (χ0v) is 6.83. The molecule has 0 radical (unpaired) electrons. The summed E-state index contributed by atoms with van der Waals surface area (Å²) in [6, 6.07) is -0.598. The highest BCUT2D eigenvalue weighted by atomic mass is 16.2. The van der Waals surface area contributed by atoms with E-state index in [1.54, 1.807) is 18.2 Å². The third-order valence-electron chi connectivity index (χ3n) is 1.22. The highest BCUT2D eigenvalue weighted by Gasteiger charge is 2.03. The molecule has 0 unspecified atom stereocenters. The van der Waals surface area contributed by atoms with Crippen molar-refractivity contribution in [2.75, 3.05) is 0 Å². The average Bonchev–Trinajstić information content (AvgIpc) is 2.02. The lowest BCUT2D eigenvalue weighted by atomic mass is 10.4. The number of amides is 3. The summed E-state index contributed by atoms with van der Waals surface area (Å²) in [5, 5.41) is 4.42. The summed E-state index contributed by atoms with van der Waals surface area (Å²) in [5.74, 6) is -0.517. The number of nitrogens with one attached hydrogen (secondary N) is 2. The first kappa shape index (κ1) is 9.03. The number of carbonyl (C=O) groups is 2. The fraction of sp³-hybridized carbons (Fsp3) is 0. The van der Waals surface area contributed by atoms with Crippen LogP contribution in [0.4, 0.5) is 4.79 Å². The smallest absolute Gasteiger partial charge is 0.308 e. The van der Waals surface area contributed by atoms with Gasteiger partial charge < -0.3 is 5.32 Å². The van der Waals surface area contributed by atoms with Crippen LogP contribution in [0.25, 0.3) is 0 Å². The van der Waals surface area contributed by atoms with Crippen LogP contribution in [0, 0.1) is 0 Å². The molecule has 0 aromatic carbocycles. The molecule has 1 aliphatic heterocycles. The van der Waals surface area contributed by atoms with Crippen LogP contribution in [0.2, 0.25) is 0 Å². The molecule has 4 heteroatoms. The van der Waals surface area contributed by atoms with Crippen molar-refractivity contribution in [1.29, 1.82) is 0 Å². The summed E-state index contributed by atoms with van der Waals surface area (Å²) in [4.78, 5) is 21.8. The molecule has 66 valence electrons. The van der Waals surface area contributed by atoms with Crippen molar-refractivity contribution in [1.82, 2.24) is 10.6 Å². The fourth-order valence-corrected chi connectivity index (χ4v) is 0.710. The van der Waals surface area contributed by atoms with Crippen molar-refractivity contribution in [2.45, 2.75) is 0 Å². The van der Waals surface area contributed by atoms with Crippen molar-refractivity contribution < 1.29 is 9.59 Å². The van der Waals surface area contributed by atoms with Gasteiger partial charge in [-0.05, 0) is 12.2 Å². The van der Waals surface area contributed by atoms with Gasteiger partial charge in [0.15, 0.2) is 0 Å². The number of carbonyl (C=O) groups excluding carboxylic acids is 2. The molecular weight excluding hydrogens is 168 g/mol. The Morgan fingerprint density at radius 1 is 1.31 bits per heavy atom. The Morgan fingerprint density at radius 2 is 2.08 bits per heavy atom. The monoisotopic (exact) mass is 176 g/mol. The minimum Gasteiger partial charge on any atom is -0.308 e. The first-order valence-corrected chi connectivity index (χ1v) is 3.58. The summed E-state index contributed by atoms with van der Waals surface area (Å²) in [7, 11) is 0. The third kappa shape index (κ3) is 3.22. The van der Waals surface area contributed by atoms with Gasteiger partial charge in [0, 0.05) is 11.8 Å². The second-order valence-electron chi connectivity index (χ2n) is 2.31. The molecule has 0 saturated heterocycles. The van der Waals surface area contributed by atoms with E-state index in [1.807, 2.05) is 0 Å². The minimum absolute atomic E-state index is 0.408. The van der Waals surface area contributed by atoms with Gasteiger partial charge in [-0.3, -0.25) is 10.1 Å². The molecule has 2 N–H and O–H groups in total.